The predicted octanol–water partition coefficient (Wildman–Crippen LogP) is 36.2. The van der Waals surface area contributed by atoms with Crippen molar-refractivity contribution in [3.63, 3.8) is 0 Å². The van der Waals surface area contributed by atoms with Crippen LogP contribution in [0.2, 0.25) is 0 Å². The number of hydrogen-bond acceptors (Lipinski definition) is 9. The van der Waals surface area contributed by atoms with E-state index in [0.29, 0.717) is 11.6 Å². The number of hydrogen-bond donors (Lipinski definition) is 0. The first-order valence-corrected chi connectivity index (χ1v) is 50.2. The summed E-state index contributed by atoms with van der Waals surface area (Å²) in [4.78, 5) is 31.4. The van der Waals surface area contributed by atoms with Crippen LogP contribution in [0.15, 0.2) is 470 Å². The van der Waals surface area contributed by atoms with Gasteiger partial charge in [-0.3, -0.25) is 0 Å². The smallest absolute Gasteiger partial charge is 0.161 e. The summed E-state index contributed by atoms with van der Waals surface area (Å²) in [7, 11) is 0. The molecule has 0 saturated heterocycles. The van der Waals surface area contributed by atoms with E-state index in [1.807, 2.05) is 96.3 Å². The zero-order chi connectivity index (χ0) is 96.5. The van der Waals surface area contributed by atoms with Gasteiger partial charge in [-0.1, -0.05) is 418 Å². The molecule has 9 heteroatoms. The van der Waals surface area contributed by atoms with Crippen LogP contribution in [0.25, 0.3) is 244 Å². The van der Waals surface area contributed by atoms with Gasteiger partial charge < -0.3 is 8.83 Å². The zero-order valence-electron chi connectivity index (χ0n) is 80.3. The van der Waals surface area contributed by atoms with E-state index in [1.165, 1.54) is 109 Å². The summed E-state index contributed by atoms with van der Waals surface area (Å²) in [6.45, 7) is 14.0. The van der Waals surface area contributed by atoms with Crippen LogP contribution in [-0.2, 0) is 16.2 Å². The SMILES string of the molecule is CC1(C)c2ccccc2-c2ccc(-c3c(-c4nc(-c5ccccc5)cc(-c5ccccc5)n4)ccc4c3oc3ccccc34)cc21.CC1(C)c2ccccc2-c2ccc(-c3c(-c4nc(-c5ccccc5)cc(-c5ccccc5)n4)ccc4c3sc3ccccc34)cc21.CC1(C)c2ccccc2-c2ccc(-c3ccc(-c4c(-c5nc(-c6ccccc6)cc(-c6ccccc6)n5)ccc5c4oc4ccccc45)cc3)cc21. The molecular weight excluding hydrogens is 1770 g/mol. The monoisotopic (exact) mass is 1860 g/mol. The number of thiophene rings is 1. The standard InChI is InChI=1S/C49H34N2O.C43H30N2O.C43H30N2S/c1-49(2)41-19-11-9-17-36(41)37-26-25-35(29-42(37)49)31-21-23-34(24-22-31)46-40(28-27-39-38-18-10-12-20-45(38)52-47(39)46)48-50-43(32-13-5-3-6-14-32)30-44(51-48)33-15-7-4-8-16-33;2*1-43(2)35-19-11-9-17-30(35)31-22-21-29(25-36(31)43)40-34(24-23-33-32-18-10-12-20-39(32)46-41(33)40)42-44-37(27-13-5-3-6-14-27)26-38(45-42)28-15-7-4-8-16-28/h3-30H,1-2H3;2*3-26H,1-2H3. The van der Waals surface area contributed by atoms with Crippen molar-refractivity contribution in [2.75, 3.05) is 0 Å². The normalized spacial score (nSPS) is 13.1. The molecule has 8 nitrogen and oxygen atoms in total. The van der Waals surface area contributed by atoms with Crippen LogP contribution in [0.5, 0.6) is 0 Å². The lowest BCUT2D eigenvalue weighted by Gasteiger charge is -2.22. The second-order valence-electron chi connectivity index (χ2n) is 39.3. The van der Waals surface area contributed by atoms with E-state index in [-0.39, 0.29) is 16.2 Å². The maximum atomic E-state index is 6.71. The van der Waals surface area contributed by atoms with Gasteiger partial charge in [-0.15, -0.1) is 11.3 Å². The first-order chi connectivity index (χ1) is 70.6. The van der Waals surface area contributed by atoms with Gasteiger partial charge in [-0.05, 0) is 180 Å². The van der Waals surface area contributed by atoms with E-state index in [9.17, 15) is 0 Å². The Morgan fingerprint density at radius 2 is 0.444 bits per heavy atom. The Morgan fingerprint density at radius 1 is 0.181 bits per heavy atom. The van der Waals surface area contributed by atoms with Crippen LogP contribution >= 0.6 is 11.3 Å². The molecule has 25 aromatic rings. The van der Waals surface area contributed by atoms with E-state index in [0.717, 1.165) is 156 Å². The Bertz CT molecular complexity index is 8870. The summed E-state index contributed by atoms with van der Waals surface area (Å²) in [5.41, 5.74) is 42.7. The summed E-state index contributed by atoms with van der Waals surface area (Å²) < 4.78 is 16.0. The third-order valence-corrected chi connectivity index (χ3v) is 31.0. The van der Waals surface area contributed by atoms with Crippen LogP contribution in [-0.4, -0.2) is 29.9 Å². The molecule has 0 unspecified atom stereocenters. The highest BCUT2D eigenvalue weighted by molar-refractivity contribution is 7.26. The molecule has 0 aliphatic heterocycles. The van der Waals surface area contributed by atoms with Crippen LogP contribution in [0.4, 0.5) is 0 Å². The van der Waals surface area contributed by atoms with Gasteiger partial charge in [-0.2, -0.15) is 0 Å². The molecule has 144 heavy (non-hydrogen) atoms. The quantitative estimate of drug-likeness (QED) is 0.112. The van der Waals surface area contributed by atoms with Gasteiger partial charge in [-0.25, -0.2) is 29.9 Å². The van der Waals surface area contributed by atoms with Crippen molar-refractivity contribution in [3.05, 3.63) is 494 Å². The zero-order valence-corrected chi connectivity index (χ0v) is 81.1. The Balaban J connectivity index is 0.000000110. The molecule has 0 spiro atoms. The van der Waals surface area contributed by atoms with Crippen molar-refractivity contribution < 1.29 is 8.83 Å². The summed E-state index contributed by atoms with van der Waals surface area (Å²) >= 11 is 1.86. The topological polar surface area (TPSA) is 104 Å². The Morgan fingerprint density at radius 3 is 0.819 bits per heavy atom. The van der Waals surface area contributed by atoms with E-state index in [2.05, 4.69) is 418 Å². The van der Waals surface area contributed by atoms with Gasteiger partial charge in [0.2, 0.25) is 0 Å². The summed E-state index contributed by atoms with van der Waals surface area (Å²) in [6, 6.07) is 163. The molecule has 6 aromatic heterocycles. The highest BCUT2D eigenvalue weighted by Crippen LogP contribution is 2.57. The number of rotatable bonds is 13. The number of nitrogens with zero attached hydrogens (tertiary/aromatic N) is 6. The Labute approximate surface area is 839 Å². The first kappa shape index (κ1) is 86.6. The van der Waals surface area contributed by atoms with Crippen LogP contribution in [0, 0.1) is 0 Å². The third kappa shape index (κ3) is 14.9. The molecule has 0 saturated carbocycles. The molecule has 0 atom stereocenters. The fraction of sp³-hybridized carbons (Fsp3) is 0.0667. The van der Waals surface area contributed by atoms with Gasteiger partial charge in [0, 0.05) is 125 Å². The highest BCUT2D eigenvalue weighted by Gasteiger charge is 2.40. The molecule has 19 aromatic carbocycles. The minimum atomic E-state index is -0.131. The average molecular weight is 1860 g/mol. The van der Waals surface area contributed by atoms with Gasteiger partial charge in [0.1, 0.15) is 22.3 Å². The second kappa shape index (κ2) is 34.9. The lowest BCUT2D eigenvalue weighted by atomic mass is 9.81. The molecule has 0 N–H and O–H groups in total. The fourth-order valence-corrected chi connectivity index (χ4v) is 23.7. The van der Waals surface area contributed by atoms with Crippen molar-refractivity contribution in [2.45, 2.75) is 57.8 Å². The molecule has 0 bridgehead atoms. The van der Waals surface area contributed by atoms with Crippen LogP contribution in [0.3, 0.4) is 0 Å². The summed E-state index contributed by atoms with van der Waals surface area (Å²) in [6.07, 6.45) is 0. The van der Waals surface area contributed by atoms with Crippen LogP contribution in [0.1, 0.15) is 74.9 Å². The Kier molecular flexibility index (Phi) is 21.0. The molecule has 0 fully saturated rings. The number of aromatic nitrogens is 6. The van der Waals surface area contributed by atoms with Crippen molar-refractivity contribution in [1.29, 1.82) is 0 Å². The van der Waals surface area contributed by atoms with E-state index in [1.54, 1.807) is 0 Å². The number of fused-ring (bicyclic) bond motifs is 18. The third-order valence-electron chi connectivity index (χ3n) is 29.8. The fourth-order valence-electron chi connectivity index (χ4n) is 22.5. The maximum absolute atomic E-state index is 6.71. The lowest BCUT2D eigenvalue weighted by Crippen LogP contribution is -2.14. The van der Waals surface area contributed by atoms with Gasteiger partial charge >= 0.3 is 0 Å². The molecule has 3 aliphatic rings. The van der Waals surface area contributed by atoms with E-state index < -0.39 is 0 Å². The largest absolute Gasteiger partial charge is 0.455 e. The highest BCUT2D eigenvalue weighted by atomic mass is 32.1. The van der Waals surface area contributed by atoms with E-state index in [4.69, 9.17) is 38.7 Å². The molecule has 682 valence electrons. The predicted molar refractivity (Wildman–Crippen MR) is 597 cm³/mol. The summed E-state index contributed by atoms with van der Waals surface area (Å²) in [5.74, 6) is 2.06. The molecule has 28 rings (SSSR count). The van der Waals surface area contributed by atoms with Crippen molar-refractivity contribution in [3.8, 4) is 180 Å². The van der Waals surface area contributed by atoms with Crippen molar-refractivity contribution in [2.24, 2.45) is 0 Å². The van der Waals surface area contributed by atoms with Crippen molar-refractivity contribution >= 4 is 75.4 Å². The molecular formula is C135H94N6O2S. The average Bonchev–Trinajstić information content (AvgIpc) is 1.57. The minimum Gasteiger partial charge on any atom is -0.455 e. The molecule has 6 heterocycles. The Hall–Kier alpha value is -17.8. The lowest BCUT2D eigenvalue weighted by molar-refractivity contribution is 0.660. The molecule has 0 amide bonds. The first-order valence-electron chi connectivity index (χ1n) is 49.3. The van der Waals surface area contributed by atoms with Gasteiger partial charge in [0.05, 0.1) is 34.2 Å². The molecule has 3 aliphatic carbocycles. The second-order valence-corrected chi connectivity index (χ2v) is 40.4. The summed E-state index contributed by atoms with van der Waals surface area (Å²) in [5, 5.41) is 6.90. The number of benzene rings is 19. The molecule has 0 radical (unpaired) electrons. The minimum absolute atomic E-state index is 0.0550. The van der Waals surface area contributed by atoms with Gasteiger partial charge in [0.25, 0.3) is 0 Å². The van der Waals surface area contributed by atoms with E-state index >= 15 is 0 Å². The van der Waals surface area contributed by atoms with Gasteiger partial charge in [0.15, 0.2) is 17.5 Å². The number of para-hydroxylation sites is 2. The number of furan rings is 2. The maximum Gasteiger partial charge on any atom is 0.161 e. The van der Waals surface area contributed by atoms with Crippen LogP contribution < -0.4 is 0 Å². The van der Waals surface area contributed by atoms with Crippen molar-refractivity contribution in [1.82, 2.24) is 29.9 Å².